The Hall–Kier alpha value is -3.00. The number of Topliss-reactive ketones (excluding diaryl/α,β-unsaturated/α-hetero) is 1. The van der Waals surface area contributed by atoms with Gasteiger partial charge in [0.25, 0.3) is 0 Å². The zero-order chi connectivity index (χ0) is 16.4. The van der Waals surface area contributed by atoms with Gasteiger partial charge in [-0.05, 0) is 18.2 Å². The molecule has 23 heavy (non-hydrogen) atoms. The summed E-state index contributed by atoms with van der Waals surface area (Å²) in [6.45, 7) is -0.496. The Bertz CT molecular complexity index is 876. The molecule has 0 N–H and O–H groups in total. The van der Waals surface area contributed by atoms with E-state index in [0.717, 1.165) is 5.39 Å². The first kappa shape index (κ1) is 14.9. The first-order valence-corrected chi connectivity index (χ1v) is 7.29. The number of para-hydroxylation sites is 1. The highest BCUT2D eigenvalue weighted by atomic mass is 32.1. The van der Waals surface area contributed by atoms with Crippen LogP contribution in [0.1, 0.15) is 20.2 Å². The normalized spacial score (nSPS) is 10.6. The van der Waals surface area contributed by atoms with Crippen LogP contribution in [0, 0.1) is 10.1 Å². The summed E-state index contributed by atoms with van der Waals surface area (Å²) in [5.41, 5.74) is 0.566. The number of rotatable bonds is 5. The molecule has 1 aromatic carbocycles. The molecule has 0 spiro atoms. The van der Waals surface area contributed by atoms with Crippen LogP contribution in [0.15, 0.2) is 46.9 Å². The molecule has 8 heteroatoms. The number of ether oxygens (including phenoxy) is 1. The zero-order valence-electron chi connectivity index (χ0n) is 11.6. The lowest BCUT2D eigenvalue weighted by Gasteiger charge is -2.00. The van der Waals surface area contributed by atoms with Gasteiger partial charge in [0.05, 0.1) is 4.92 Å². The average Bonchev–Trinajstić information content (AvgIpc) is 3.18. The fourth-order valence-electron chi connectivity index (χ4n) is 1.93. The number of esters is 1. The molecule has 3 aromatic rings. The number of carbonyl (C=O) groups is 2. The van der Waals surface area contributed by atoms with Crippen molar-refractivity contribution < 1.29 is 23.7 Å². The molecule has 0 radical (unpaired) electrons. The smallest absolute Gasteiger partial charge is 0.349 e. The van der Waals surface area contributed by atoms with E-state index in [1.165, 1.54) is 12.1 Å². The van der Waals surface area contributed by atoms with Gasteiger partial charge in [-0.1, -0.05) is 29.5 Å². The van der Waals surface area contributed by atoms with Crippen molar-refractivity contribution in [1.29, 1.82) is 0 Å². The molecule has 2 heterocycles. The van der Waals surface area contributed by atoms with E-state index in [-0.39, 0.29) is 15.6 Å². The van der Waals surface area contributed by atoms with Gasteiger partial charge in [0.1, 0.15) is 10.5 Å². The lowest BCUT2D eigenvalue weighted by molar-refractivity contribution is -0.380. The van der Waals surface area contributed by atoms with Crippen LogP contribution in [-0.2, 0) is 4.74 Å². The second-order valence-corrected chi connectivity index (χ2v) is 5.61. The van der Waals surface area contributed by atoms with Gasteiger partial charge in [0, 0.05) is 11.5 Å². The summed E-state index contributed by atoms with van der Waals surface area (Å²) in [5.74, 6) is -1.18. The monoisotopic (exact) mass is 331 g/mol. The Morgan fingerprint density at radius 1 is 1.22 bits per heavy atom. The second-order valence-electron chi connectivity index (χ2n) is 4.54. The molecule has 116 valence electrons. The highest BCUT2D eigenvalue weighted by Gasteiger charge is 2.19. The SMILES string of the molecule is O=C(COC(=O)c1ccc([N+](=O)[O-])s1)c1cc2ccccc2o1. The highest BCUT2D eigenvalue weighted by Crippen LogP contribution is 2.24. The largest absolute Gasteiger partial charge is 0.453 e. The van der Waals surface area contributed by atoms with Crippen LogP contribution in [0.2, 0.25) is 0 Å². The third-order valence-corrected chi connectivity index (χ3v) is 4.02. The van der Waals surface area contributed by atoms with E-state index in [2.05, 4.69) is 0 Å². The Kier molecular flexibility index (Phi) is 3.90. The molecule has 0 unspecified atom stereocenters. The molecule has 0 saturated heterocycles. The van der Waals surface area contributed by atoms with Crippen molar-refractivity contribution in [1.82, 2.24) is 0 Å². The zero-order valence-corrected chi connectivity index (χ0v) is 12.4. The van der Waals surface area contributed by atoms with Crippen molar-refractivity contribution >= 4 is 39.1 Å². The van der Waals surface area contributed by atoms with Gasteiger partial charge in [-0.25, -0.2) is 4.79 Å². The van der Waals surface area contributed by atoms with Crippen molar-refractivity contribution in [2.75, 3.05) is 6.61 Å². The van der Waals surface area contributed by atoms with Crippen molar-refractivity contribution in [2.45, 2.75) is 0 Å². The molecule has 0 atom stereocenters. The topological polar surface area (TPSA) is 99.7 Å². The number of furan rings is 1. The van der Waals surface area contributed by atoms with Gasteiger partial charge < -0.3 is 9.15 Å². The molecule has 0 bridgehead atoms. The van der Waals surface area contributed by atoms with Crippen molar-refractivity contribution in [3.8, 4) is 0 Å². The summed E-state index contributed by atoms with van der Waals surface area (Å²) in [6, 6.07) is 11.2. The third-order valence-electron chi connectivity index (χ3n) is 3.01. The molecule has 2 aromatic heterocycles. The molecular weight excluding hydrogens is 322 g/mol. The fraction of sp³-hybridized carbons (Fsp3) is 0.0667. The molecule has 0 amide bonds. The number of fused-ring (bicyclic) bond motifs is 1. The highest BCUT2D eigenvalue weighted by molar-refractivity contribution is 7.17. The number of nitrogens with zero attached hydrogens (tertiary/aromatic N) is 1. The van der Waals surface area contributed by atoms with E-state index < -0.39 is 23.3 Å². The standard InChI is InChI=1S/C15H9NO6S/c17-10(12-7-9-3-1-2-4-11(9)22-12)8-21-15(18)13-5-6-14(23-13)16(19)20/h1-7H,8H2. The van der Waals surface area contributed by atoms with E-state index >= 15 is 0 Å². The van der Waals surface area contributed by atoms with Crippen LogP contribution < -0.4 is 0 Å². The second kappa shape index (κ2) is 6.01. The number of hydrogen-bond acceptors (Lipinski definition) is 7. The maximum absolute atomic E-state index is 12.0. The third kappa shape index (κ3) is 3.11. The number of carbonyl (C=O) groups excluding carboxylic acids is 2. The summed E-state index contributed by atoms with van der Waals surface area (Å²) in [5, 5.41) is 11.2. The summed E-state index contributed by atoms with van der Waals surface area (Å²) in [7, 11) is 0. The minimum absolute atomic E-state index is 0.0640. The predicted octanol–water partition coefficient (Wildman–Crippen LogP) is 3.44. The molecule has 0 aliphatic carbocycles. The van der Waals surface area contributed by atoms with Gasteiger partial charge >= 0.3 is 11.0 Å². The van der Waals surface area contributed by atoms with Gasteiger partial charge in [-0.3, -0.25) is 14.9 Å². The Balaban J connectivity index is 1.65. The van der Waals surface area contributed by atoms with Crippen molar-refractivity contribution in [3.63, 3.8) is 0 Å². The van der Waals surface area contributed by atoms with E-state index in [1.54, 1.807) is 24.3 Å². The minimum atomic E-state index is -0.785. The minimum Gasteiger partial charge on any atom is -0.453 e. The molecule has 0 fully saturated rings. The number of nitro groups is 1. The molecule has 0 aliphatic heterocycles. The summed E-state index contributed by atoms with van der Waals surface area (Å²) >= 11 is 0.692. The maximum Gasteiger partial charge on any atom is 0.349 e. The van der Waals surface area contributed by atoms with Gasteiger partial charge in [-0.15, -0.1) is 0 Å². The first-order chi connectivity index (χ1) is 11.0. The quantitative estimate of drug-likeness (QED) is 0.307. The van der Waals surface area contributed by atoms with Crippen LogP contribution in [0.5, 0.6) is 0 Å². The first-order valence-electron chi connectivity index (χ1n) is 6.48. The Morgan fingerprint density at radius 2 is 2.00 bits per heavy atom. The van der Waals surface area contributed by atoms with E-state index in [9.17, 15) is 19.7 Å². The van der Waals surface area contributed by atoms with Crippen molar-refractivity contribution in [2.24, 2.45) is 0 Å². The summed E-state index contributed by atoms with van der Waals surface area (Å²) in [6.07, 6.45) is 0. The molecule has 0 aliphatic rings. The van der Waals surface area contributed by atoms with Gasteiger partial charge in [-0.2, -0.15) is 0 Å². The molecule has 3 rings (SSSR count). The summed E-state index contributed by atoms with van der Waals surface area (Å²) < 4.78 is 10.2. The lowest BCUT2D eigenvalue weighted by Crippen LogP contribution is -2.12. The van der Waals surface area contributed by atoms with Crippen LogP contribution in [0.25, 0.3) is 11.0 Å². The van der Waals surface area contributed by atoms with Crippen molar-refractivity contribution in [3.05, 3.63) is 63.2 Å². The van der Waals surface area contributed by atoms with Gasteiger partial charge in [0.2, 0.25) is 5.78 Å². The van der Waals surface area contributed by atoms with Crippen LogP contribution in [0.4, 0.5) is 5.00 Å². The van der Waals surface area contributed by atoms with Gasteiger partial charge in [0.15, 0.2) is 12.4 Å². The number of thiophene rings is 1. The molecular formula is C15H9NO6S. The van der Waals surface area contributed by atoms with Crippen LogP contribution in [0.3, 0.4) is 0 Å². The predicted molar refractivity (Wildman–Crippen MR) is 81.8 cm³/mol. The fourth-order valence-corrected chi connectivity index (χ4v) is 2.64. The average molecular weight is 331 g/mol. The number of ketones is 1. The van der Waals surface area contributed by atoms with Crippen LogP contribution in [-0.4, -0.2) is 23.3 Å². The number of hydrogen-bond donors (Lipinski definition) is 0. The Morgan fingerprint density at radius 3 is 2.70 bits per heavy atom. The Labute approximate surface area is 133 Å². The molecule has 0 saturated carbocycles. The lowest BCUT2D eigenvalue weighted by atomic mass is 10.2. The van der Waals surface area contributed by atoms with Crippen LogP contribution >= 0.6 is 11.3 Å². The van der Waals surface area contributed by atoms with E-state index in [4.69, 9.17) is 9.15 Å². The maximum atomic E-state index is 12.0. The summed E-state index contributed by atoms with van der Waals surface area (Å²) in [4.78, 5) is 33.8. The van der Waals surface area contributed by atoms with E-state index in [1.807, 2.05) is 6.07 Å². The molecule has 7 nitrogen and oxygen atoms in total. The number of benzene rings is 1. The van der Waals surface area contributed by atoms with E-state index in [0.29, 0.717) is 16.9 Å².